The highest BCUT2D eigenvalue weighted by molar-refractivity contribution is 6.18. The van der Waals surface area contributed by atoms with E-state index in [9.17, 15) is 0 Å². The molecule has 0 radical (unpaired) electrons. The summed E-state index contributed by atoms with van der Waals surface area (Å²) in [6.45, 7) is 0. The van der Waals surface area contributed by atoms with E-state index < -0.39 is 0 Å². The van der Waals surface area contributed by atoms with Crippen molar-refractivity contribution in [1.82, 2.24) is 9.13 Å². The maximum atomic E-state index is 6.34. The number of nitrogens with zero attached hydrogens (tertiary/aromatic N) is 2. The van der Waals surface area contributed by atoms with Crippen LogP contribution in [0, 0.1) is 0 Å². The summed E-state index contributed by atoms with van der Waals surface area (Å²) in [5, 5.41) is 7.25. The molecule has 0 aliphatic heterocycles. The van der Waals surface area contributed by atoms with E-state index in [0.29, 0.717) is 0 Å². The second-order valence-corrected chi connectivity index (χ2v) is 13.3. The number of furan rings is 1. The largest absolute Gasteiger partial charge is 0.456 e. The van der Waals surface area contributed by atoms with Gasteiger partial charge in [-0.25, -0.2) is 0 Å². The Morgan fingerprint density at radius 3 is 1.82 bits per heavy atom. The Hall–Kier alpha value is -6.84. The fourth-order valence-corrected chi connectivity index (χ4v) is 8.41. The molecule has 0 spiro atoms. The molecule has 3 heterocycles. The normalized spacial score (nSPS) is 11.9. The maximum Gasteiger partial charge on any atom is 0.136 e. The summed E-state index contributed by atoms with van der Waals surface area (Å²) >= 11 is 0. The molecule has 11 aromatic rings. The predicted molar refractivity (Wildman–Crippen MR) is 213 cm³/mol. The monoisotopic (exact) mass is 650 g/mol. The number of rotatable bonds is 4. The summed E-state index contributed by atoms with van der Waals surface area (Å²) in [6, 6.07) is 65.5. The fraction of sp³-hybridized carbons (Fsp3) is 0. The molecule has 0 atom stereocenters. The first-order valence-electron chi connectivity index (χ1n) is 17.4. The van der Waals surface area contributed by atoms with Crippen molar-refractivity contribution in [2.45, 2.75) is 0 Å². The summed E-state index contributed by atoms with van der Waals surface area (Å²) in [6.07, 6.45) is 0. The van der Waals surface area contributed by atoms with Gasteiger partial charge in [-0.3, -0.25) is 0 Å². The summed E-state index contributed by atoms with van der Waals surface area (Å²) < 4.78 is 11.2. The average Bonchev–Trinajstić information content (AvgIpc) is 3.86. The molecular formula is C48H30N2O. The minimum Gasteiger partial charge on any atom is -0.456 e. The van der Waals surface area contributed by atoms with Crippen LogP contribution in [0.25, 0.3) is 99.2 Å². The first kappa shape index (κ1) is 28.0. The van der Waals surface area contributed by atoms with Gasteiger partial charge in [0.05, 0.1) is 27.8 Å². The first-order chi connectivity index (χ1) is 25.3. The maximum absolute atomic E-state index is 6.34. The number of fused-ring (bicyclic) bond motifs is 9. The molecule has 0 aliphatic rings. The minimum absolute atomic E-state index is 0.899. The van der Waals surface area contributed by atoms with Crippen LogP contribution in [-0.2, 0) is 0 Å². The molecule has 3 nitrogen and oxygen atoms in total. The van der Waals surface area contributed by atoms with Gasteiger partial charge in [-0.15, -0.1) is 0 Å². The van der Waals surface area contributed by atoms with Crippen LogP contribution in [0.2, 0.25) is 0 Å². The molecule has 8 aromatic carbocycles. The lowest BCUT2D eigenvalue weighted by molar-refractivity contribution is 0.669. The molecule has 0 unspecified atom stereocenters. The van der Waals surface area contributed by atoms with Gasteiger partial charge in [0.2, 0.25) is 0 Å². The minimum atomic E-state index is 0.899. The van der Waals surface area contributed by atoms with E-state index in [-0.39, 0.29) is 0 Å². The topological polar surface area (TPSA) is 23.0 Å². The van der Waals surface area contributed by atoms with Crippen molar-refractivity contribution in [1.29, 1.82) is 0 Å². The highest BCUT2D eigenvalue weighted by atomic mass is 16.3. The highest BCUT2D eigenvalue weighted by Gasteiger charge is 2.21. The van der Waals surface area contributed by atoms with E-state index in [1.807, 2.05) is 6.07 Å². The molecule has 0 saturated heterocycles. The number of hydrogen-bond acceptors (Lipinski definition) is 1. The Bertz CT molecular complexity index is 3140. The Labute approximate surface area is 293 Å². The molecular weight excluding hydrogens is 621 g/mol. The van der Waals surface area contributed by atoms with Gasteiger partial charge < -0.3 is 13.6 Å². The number of aromatic nitrogens is 2. The molecule has 3 heteroatoms. The number of hydrogen-bond donors (Lipinski definition) is 0. The third kappa shape index (κ3) is 4.06. The van der Waals surface area contributed by atoms with Crippen molar-refractivity contribution in [3.8, 4) is 33.6 Å². The smallest absolute Gasteiger partial charge is 0.136 e. The Morgan fingerprint density at radius 2 is 0.941 bits per heavy atom. The van der Waals surface area contributed by atoms with Crippen LogP contribution in [0.15, 0.2) is 186 Å². The zero-order valence-corrected chi connectivity index (χ0v) is 27.6. The molecule has 0 fully saturated rings. The summed E-state index contributed by atoms with van der Waals surface area (Å²) in [4.78, 5) is 0. The number of benzene rings is 8. The standard InChI is InChI=1S/C48H30N2O/c1-2-14-32(15-3-1)49-42-24-10-6-18-38(42)47-33(20-12-25-43(47)49)31-28-29-36-34-16-4-8-22-40(34)50(44(36)30-31)41-23-9-5-17-35(41)37-21-13-27-46-48(37)39-19-7-11-26-45(39)51-46/h1-30H. The predicted octanol–water partition coefficient (Wildman–Crippen LogP) is 13.1. The van der Waals surface area contributed by atoms with E-state index >= 15 is 0 Å². The van der Waals surface area contributed by atoms with Crippen molar-refractivity contribution in [3.63, 3.8) is 0 Å². The molecule has 51 heavy (non-hydrogen) atoms. The third-order valence-corrected chi connectivity index (χ3v) is 10.5. The number of para-hydroxylation sites is 5. The van der Waals surface area contributed by atoms with Crippen LogP contribution in [0.1, 0.15) is 0 Å². The van der Waals surface area contributed by atoms with Gasteiger partial charge in [0.25, 0.3) is 0 Å². The van der Waals surface area contributed by atoms with Crippen molar-refractivity contribution >= 4 is 65.6 Å². The van der Waals surface area contributed by atoms with Crippen molar-refractivity contribution in [2.75, 3.05) is 0 Å². The van der Waals surface area contributed by atoms with E-state index in [2.05, 4.69) is 185 Å². The van der Waals surface area contributed by atoms with E-state index in [4.69, 9.17) is 4.42 Å². The zero-order chi connectivity index (χ0) is 33.5. The van der Waals surface area contributed by atoms with Gasteiger partial charge in [-0.1, -0.05) is 127 Å². The van der Waals surface area contributed by atoms with Crippen LogP contribution in [0.5, 0.6) is 0 Å². The van der Waals surface area contributed by atoms with Gasteiger partial charge >= 0.3 is 0 Å². The van der Waals surface area contributed by atoms with E-state index in [1.54, 1.807) is 0 Å². The molecule has 0 amide bonds. The highest BCUT2D eigenvalue weighted by Crippen LogP contribution is 2.43. The fourth-order valence-electron chi connectivity index (χ4n) is 8.41. The second-order valence-electron chi connectivity index (χ2n) is 13.3. The Kier molecular flexibility index (Phi) is 5.96. The lowest BCUT2D eigenvalue weighted by Crippen LogP contribution is -1.97. The van der Waals surface area contributed by atoms with Crippen LogP contribution in [0.4, 0.5) is 0 Å². The molecule has 0 bridgehead atoms. The molecule has 0 N–H and O–H groups in total. The van der Waals surface area contributed by atoms with E-state index in [0.717, 1.165) is 44.4 Å². The molecule has 11 rings (SSSR count). The zero-order valence-electron chi connectivity index (χ0n) is 27.6. The molecule has 238 valence electrons. The van der Waals surface area contributed by atoms with Crippen molar-refractivity contribution in [3.05, 3.63) is 182 Å². The average molecular weight is 651 g/mol. The van der Waals surface area contributed by atoms with Crippen LogP contribution in [0.3, 0.4) is 0 Å². The molecule has 3 aromatic heterocycles. The third-order valence-electron chi connectivity index (χ3n) is 10.5. The summed E-state index contributed by atoms with van der Waals surface area (Å²) in [5.74, 6) is 0. The molecule has 0 aliphatic carbocycles. The van der Waals surface area contributed by atoms with Crippen LogP contribution >= 0.6 is 0 Å². The van der Waals surface area contributed by atoms with Gasteiger partial charge in [0, 0.05) is 43.6 Å². The quantitative estimate of drug-likeness (QED) is 0.186. The van der Waals surface area contributed by atoms with Crippen molar-refractivity contribution in [2.24, 2.45) is 0 Å². The van der Waals surface area contributed by atoms with Gasteiger partial charge in [0.15, 0.2) is 0 Å². The van der Waals surface area contributed by atoms with Crippen molar-refractivity contribution < 1.29 is 4.42 Å². The Balaban J connectivity index is 1.20. The second kappa shape index (κ2) is 10.8. The van der Waals surface area contributed by atoms with Crippen LogP contribution in [-0.4, -0.2) is 9.13 Å². The van der Waals surface area contributed by atoms with Gasteiger partial charge in [-0.2, -0.15) is 0 Å². The van der Waals surface area contributed by atoms with Crippen LogP contribution < -0.4 is 0 Å². The lowest BCUT2D eigenvalue weighted by atomic mass is 9.97. The Morgan fingerprint density at radius 1 is 0.333 bits per heavy atom. The first-order valence-corrected chi connectivity index (χ1v) is 17.4. The molecule has 0 saturated carbocycles. The van der Waals surface area contributed by atoms with E-state index in [1.165, 1.54) is 54.7 Å². The summed E-state index contributed by atoms with van der Waals surface area (Å²) in [7, 11) is 0. The summed E-state index contributed by atoms with van der Waals surface area (Å²) in [5.41, 5.74) is 13.6. The SMILES string of the molecule is c1ccc(-n2c3ccccc3c3c(-c4ccc5c6ccccc6n(-c6ccccc6-c6cccc7oc8ccccc8c67)c5c4)cccc32)cc1. The van der Waals surface area contributed by atoms with Gasteiger partial charge in [0.1, 0.15) is 11.2 Å². The van der Waals surface area contributed by atoms with Gasteiger partial charge in [-0.05, 0) is 71.3 Å². The lowest BCUT2D eigenvalue weighted by Gasteiger charge is -2.15.